The minimum atomic E-state index is -0.715. The first-order chi connectivity index (χ1) is 7.75. The standard InChI is InChI=1S/C11H19FN2O2/c12-10-1-3-14(4-2-10)11(15)9-13-5-7-16-8-6-13/h10H,1-9H2. The lowest BCUT2D eigenvalue weighted by Gasteiger charge is -2.32. The molecule has 0 radical (unpaired) electrons. The summed E-state index contributed by atoms with van der Waals surface area (Å²) in [6, 6.07) is 0. The summed E-state index contributed by atoms with van der Waals surface area (Å²) in [5, 5.41) is 0. The highest BCUT2D eigenvalue weighted by Gasteiger charge is 2.24. The first-order valence-electron chi connectivity index (χ1n) is 5.97. The minimum Gasteiger partial charge on any atom is -0.379 e. The second kappa shape index (κ2) is 5.59. The molecule has 0 saturated carbocycles. The van der Waals surface area contributed by atoms with Crippen LogP contribution in [-0.4, -0.2) is 67.8 Å². The molecule has 0 aliphatic carbocycles. The molecule has 0 spiro atoms. The fraction of sp³-hybridized carbons (Fsp3) is 0.909. The molecule has 2 aliphatic heterocycles. The van der Waals surface area contributed by atoms with E-state index in [1.54, 1.807) is 4.90 Å². The third-order valence-corrected chi connectivity index (χ3v) is 3.24. The number of hydrogen-bond donors (Lipinski definition) is 0. The van der Waals surface area contributed by atoms with Crippen molar-refractivity contribution in [3.05, 3.63) is 0 Å². The zero-order valence-electron chi connectivity index (χ0n) is 9.53. The van der Waals surface area contributed by atoms with Gasteiger partial charge in [0.25, 0.3) is 0 Å². The molecule has 16 heavy (non-hydrogen) atoms. The summed E-state index contributed by atoms with van der Waals surface area (Å²) < 4.78 is 18.1. The molecular formula is C11H19FN2O2. The van der Waals surface area contributed by atoms with Gasteiger partial charge in [0, 0.05) is 26.2 Å². The van der Waals surface area contributed by atoms with Gasteiger partial charge in [0.15, 0.2) is 0 Å². The highest BCUT2D eigenvalue weighted by molar-refractivity contribution is 5.78. The lowest BCUT2D eigenvalue weighted by Crippen LogP contribution is -2.47. The average molecular weight is 230 g/mol. The van der Waals surface area contributed by atoms with Crippen molar-refractivity contribution in [1.29, 1.82) is 0 Å². The van der Waals surface area contributed by atoms with Gasteiger partial charge in [-0.05, 0) is 12.8 Å². The Morgan fingerprint density at radius 2 is 1.81 bits per heavy atom. The summed E-state index contributed by atoms with van der Waals surface area (Å²) in [6.07, 6.45) is 0.274. The fourth-order valence-electron chi connectivity index (χ4n) is 2.15. The Labute approximate surface area is 95.3 Å². The van der Waals surface area contributed by atoms with Gasteiger partial charge in [-0.15, -0.1) is 0 Å². The smallest absolute Gasteiger partial charge is 0.236 e. The monoisotopic (exact) mass is 230 g/mol. The summed E-state index contributed by atoms with van der Waals surface area (Å²) in [7, 11) is 0. The number of carbonyl (C=O) groups is 1. The Bertz CT molecular complexity index is 236. The predicted octanol–water partition coefficient (Wildman–Crippen LogP) is 0.279. The SMILES string of the molecule is O=C(CN1CCOCC1)N1CCC(F)CC1. The molecule has 0 atom stereocenters. The van der Waals surface area contributed by atoms with Crippen LogP contribution in [0.5, 0.6) is 0 Å². The van der Waals surface area contributed by atoms with Crippen molar-refractivity contribution in [3.8, 4) is 0 Å². The number of alkyl halides is 1. The van der Waals surface area contributed by atoms with Crippen LogP contribution in [0.4, 0.5) is 4.39 Å². The molecule has 1 amide bonds. The zero-order valence-corrected chi connectivity index (χ0v) is 9.53. The van der Waals surface area contributed by atoms with Crippen LogP contribution >= 0.6 is 0 Å². The Morgan fingerprint density at radius 3 is 2.44 bits per heavy atom. The van der Waals surface area contributed by atoms with E-state index in [9.17, 15) is 9.18 Å². The maximum absolute atomic E-state index is 12.9. The molecular weight excluding hydrogens is 211 g/mol. The van der Waals surface area contributed by atoms with Gasteiger partial charge in [0.2, 0.25) is 5.91 Å². The molecule has 0 bridgehead atoms. The number of halogens is 1. The van der Waals surface area contributed by atoms with Crippen molar-refractivity contribution in [2.75, 3.05) is 45.9 Å². The highest BCUT2D eigenvalue weighted by Crippen LogP contribution is 2.13. The molecule has 2 rings (SSSR count). The molecule has 2 aliphatic rings. The van der Waals surface area contributed by atoms with Crippen LogP contribution in [0.2, 0.25) is 0 Å². The number of ether oxygens (including phenoxy) is 1. The first kappa shape index (κ1) is 11.8. The van der Waals surface area contributed by atoms with E-state index in [0.29, 0.717) is 45.7 Å². The van der Waals surface area contributed by atoms with Crippen molar-refractivity contribution >= 4 is 5.91 Å². The van der Waals surface area contributed by atoms with Crippen molar-refractivity contribution in [2.24, 2.45) is 0 Å². The van der Waals surface area contributed by atoms with Gasteiger partial charge in [-0.3, -0.25) is 9.69 Å². The van der Waals surface area contributed by atoms with Gasteiger partial charge in [0.05, 0.1) is 19.8 Å². The molecule has 2 saturated heterocycles. The maximum atomic E-state index is 12.9. The van der Waals surface area contributed by atoms with E-state index >= 15 is 0 Å². The molecule has 92 valence electrons. The maximum Gasteiger partial charge on any atom is 0.236 e. The summed E-state index contributed by atoms with van der Waals surface area (Å²) in [5.74, 6) is 0.133. The number of rotatable bonds is 2. The quantitative estimate of drug-likeness (QED) is 0.683. The van der Waals surface area contributed by atoms with E-state index < -0.39 is 6.17 Å². The van der Waals surface area contributed by atoms with Gasteiger partial charge in [-0.1, -0.05) is 0 Å². The lowest BCUT2D eigenvalue weighted by molar-refractivity contribution is -0.134. The first-order valence-corrected chi connectivity index (χ1v) is 5.97. The molecule has 4 nitrogen and oxygen atoms in total. The van der Waals surface area contributed by atoms with E-state index in [4.69, 9.17) is 4.74 Å². The van der Waals surface area contributed by atoms with E-state index in [-0.39, 0.29) is 5.91 Å². The van der Waals surface area contributed by atoms with E-state index in [2.05, 4.69) is 4.90 Å². The molecule has 2 heterocycles. The summed E-state index contributed by atoms with van der Waals surface area (Å²) in [4.78, 5) is 15.8. The number of hydrogen-bond acceptors (Lipinski definition) is 3. The molecule has 0 aromatic heterocycles. The second-order valence-corrected chi connectivity index (χ2v) is 4.44. The summed E-state index contributed by atoms with van der Waals surface area (Å²) >= 11 is 0. The van der Waals surface area contributed by atoms with Crippen LogP contribution in [0.25, 0.3) is 0 Å². The molecule has 0 aromatic carbocycles. The number of piperidine rings is 1. The predicted molar refractivity (Wildman–Crippen MR) is 58.0 cm³/mol. The third kappa shape index (κ3) is 3.15. The van der Waals surface area contributed by atoms with Crippen molar-refractivity contribution in [2.45, 2.75) is 19.0 Å². The fourth-order valence-corrected chi connectivity index (χ4v) is 2.15. The van der Waals surface area contributed by atoms with Crippen LogP contribution in [0.3, 0.4) is 0 Å². The number of likely N-dealkylation sites (tertiary alicyclic amines) is 1. The topological polar surface area (TPSA) is 32.8 Å². The minimum absolute atomic E-state index is 0.133. The Hall–Kier alpha value is -0.680. The lowest BCUT2D eigenvalue weighted by atomic mass is 10.1. The average Bonchev–Trinajstić information content (AvgIpc) is 2.31. The van der Waals surface area contributed by atoms with E-state index in [1.165, 1.54) is 0 Å². The molecule has 2 fully saturated rings. The van der Waals surface area contributed by atoms with E-state index in [0.717, 1.165) is 13.1 Å². The third-order valence-electron chi connectivity index (χ3n) is 3.24. The van der Waals surface area contributed by atoms with Gasteiger partial charge in [-0.2, -0.15) is 0 Å². The molecule has 0 N–H and O–H groups in total. The van der Waals surface area contributed by atoms with Gasteiger partial charge < -0.3 is 9.64 Å². The van der Waals surface area contributed by atoms with Crippen LogP contribution in [0.1, 0.15) is 12.8 Å². The van der Waals surface area contributed by atoms with Crippen LogP contribution in [0.15, 0.2) is 0 Å². The highest BCUT2D eigenvalue weighted by atomic mass is 19.1. The second-order valence-electron chi connectivity index (χ2n) is 4.44. The molecule has 0 aromatic rings. The number of carbonyl (C=O) groups excluding carboxylic acids is 1. The van der Waals surface area contributed by atoms with Crippen molar-refractivity contribution in [1.82, 2.24) is 9.80 Å². The van der Waals surface area contributed by atoms with Gasteiger partial charge in [-0.25, -0.2) is 4.39 Å². The Kier molecular flexibility index (Phi) is 4.12. The summed E-state index contributed by atoms with van der Waals surface area (Å²) in [5.41, 5.74) is 0. The van der Waals surface area contributed by atoms with Crippen molar-refractivity contribution < 1.29 is 13.9 Å². The Balaban J connectivity index is 1.74. The zero-order chi connectivity index (χ0) is 11.4. The largest absolute Gasteiger partial charge is 0.379 e. The Morgan fingerprint density at radius 1 is 1.19 bits per heavy atom. The molecule has 5 heteroatoms. The summed E-state index contributed by atoms with van der Waals surface area (Å²) in [6.45, 7) is 4.67. The van der Waals surface area contributed by atoms with Crippen LogP contribution in [-0.2, 0) is 9.53 Å². The van der Waals surface area contributed by atoms with Gasteiger partial charge in [0.1, 0.15) is 6.17 Å². The number of nitrogens with zero attached hydrogens (tertiary/aromatic N) is 2. The normalized spacial score (nSPS) is 24.7. The van der Waals surface area contributed by atoms with Crippen molar-refractivity contribution in [3.63, 3.8) is 0 Å². The van der Waals surface area contributed by atoms with E-state index in [1.807, 2.05) is 0 Å². The number of amides is 1. The van der Waals surface area contributed by atoms with Crippen LogP contribution < -0.4 is 0 Å². The molecule has 0 unspecified atom stereocenters. The number of morpholine rings is 1. The van der Waals surface area contributed by atoms with Crippen LogP contribution in [0, 0.1) is 0 Å². The van der Waals surface area contributed by atoms with Gasteiger partial charge >= 0.3 is 0 Å².